The number of carbonyl (C=O) groups excluding carboxylic acids is 3. The van der Waals surface area contributed by atoms with Crippen LogP contribution in [0.5, 0.6) is 0 Å². The molecule has 9 heteroatoms. The van der Waals surface area contributed by atoms with Gasteiger partial charge in [-0.15, -0.1) is 0 Å². The summed E-state index contributed by atoms with van der Waals surface area (Å²) in [5.41, 5.74) is -3.24. The predicted octanol–water partition coefficient (Wildman–Crippen LogP) is 5.68. The standard InChI is InChI=1S/C26H24ClF3N2O3/c1-14-8-9-18(10-15(14)2)32-19-12-24(3,4)13-20(33)21(19)25(23(32)35,26(28,29)30)31-22(34)16-6-5-7-17(27)11-16/h5-11H,12-13H2,1-4H3,(H,31,34)/t25-/m1/s1. The molecule has 4 rings (SSSR count). The number of nitrogens with one attached hydrogen (secondary N) is 1. The van der Waals surface area contributed by atoms with Crippen LogP contribution in [0.15, 0.2) is 53.7 Å². The normalized spacial score (nSPS) is 21.9. The first-order valence-corrected chi connectivity index (χ1v) is 11.4. The molecule has 1 aliphatic heterocycles. The number of alkyl halides is 3. The molecule has 184 valence electrons. The Morgan fingerprint density at radius 1 is 1.03 bits per heavy atom. The van der Waals surface area contributed by atoms with Crippen molar-refractivity contribution in [1.29, 1.82) is 0 Å². The summed E-state index contributed by atoms with van der Waals surface area (Å²) in [5, 5.41) is 2.06. The SMILES string of the molecule is Cc1ccc(N2C(=O)[C@@](NC(=O)c3cccc(Cl)c3)(C(F)(F)F)C3=C2CC(C)(C)CC3=O)cc1C. The number of amides is 2. The lowest BCUT2D eigenvalue weighted by molar-refractivity contribution is -0.186. The Morgan fingerprint density at radius 2 is 1.71 bits per heavy atom. The van der Waals surface area contributed by atoms with Crippen LogP contribution in [0, 0.1) is 19.3 Å². The average Bonchev–Trinajstić information content (AvgIpc) is 2.97. The molecule has 35 heavy (non-hydrogen) atoms. The summed E-state index contributed by atoms with van der Waals surface area (Å²) in [6, 6.07) is 10.2. The van der Waals surface area contributed by atoms with Crippen molar-refractivity contribution in [2.75, 3.05) is 4.90 Å². The third kappa shape index (κ3) is 4.03. The molecule has 0 spiro atoms. The highest BCUT2D eigenvalue weighted by molar-refractivity contribution is 6.31. The monoisotopic (exact) mass is 504 g/mol. The maximum Gasteiger partial charge on any atom is 0.425 e. The van der Waals surface area contributed by atoms with Gasteiger partial charge in [0.05, 0.1) is 5.57 Å². The van der Waals surface area contributed by atoms with Gasteiger partial charge in [0.1, 0.15) is 0 Å². The Kier molecular flexibility index (Phi) is 5.87. The van der Waals surface area contributed by atoms with Gasteiger partial charge in [0.25, 0.3) is 11.8 Å². The van der Waals surface area contributed by atoms with E-state index < -0.39 is 40.3 Å². The smallest absolute Gasteiger partial charge is 0.326 e. The number of hydrogen-bond donors (Lipinski definition) is 1. The van der Waals surface area contributed by atoms with Crippen LogP contribution >= 0.6 is 11.6 Å². The molecule has 2 aromatic rings. The molecule has 0 fully saturated rings. The predicted molar refractivity (Wildman–Crippen MR) is 126 cm³/mol. The molecular weight excluding hydrogens is 481 g/mol. The fourth-order valence-electron chi connectivity index (χ4n) is 4.76. The number of benzene rings is 2. The summed E-state index contributed by atoms with van der Waals surface area (Å²) in [6.45, 7) is 7.14. The molecule has 1 heterocycles. The molecule has 0 radical (unpaired) electrons. The van der Waals surface area contributed by atoms with E-state index in [2.05, 4.69) is 0 Å². The van der Waals surface area contributed by atoms with Gasteiger partial charge in [-0.05, 0) is 67.1 Å². The van der Waals surface area contributed by atoms with Gasteiger partial charge >= 0.3 is 6.18 Å². The van der Waals surface area contributed by atoms with Crippen molar-refractivity contribution in [3.63, 3.8) is 0 Å². The zero-order valence-corrected chi connectivity index (χ0v) is 20.4. The maximum atomic E-state index is 14.9. The summed E-state index contributed by atoms with van der Waals surface area (Å²) >= 11 is 5.91. The van der Waals surface area contributed by atoms with E-state index in [0.29, 0.717) is 0 Å². The maximum absolute atomic E-state index is 14.9. The van der Waals surface area contributed by atoms with Crippen LogP contribution < -0.4 is 10.2 Å². The highest BCUT2D eigenvalue weighted by Gasteiger charge is 2.72. The van der Waals surface area contributed by atoms with Gasteiger partial charge in [0.15, 0.2) is 5.78 Å². The zero-order valence-electron chi connectivity index (χ0n) is 19.6. The van der Waals surface area contributed by atoms with Crippen LogP contribution in [0.4, 0.5) is 18.9 Å². The molecule has 5 nitrogen and oxygen atoms in total. The minimum absolute atomic E-state index is 0.0387. The zero-order chi connectivity index (χ0) is 25.9. The molecule has 2 aliphatic rings. The third-order valence-electron chi connectivity index (χ3n) is 6.58. The van der Waals surface area contributed by atoms with Crippen LogP contribution in [0.3, 0.4) is 0 Å². The van der Waals surface area contributed by atoms with Gasteiger partial charge in [-0.25, -0.2) is 0 Å². The Hall–Kier alpha value is -3.13. The minimum Gasteiger partial charge on any atom is -0.326 e. The van der Waals surface area contributed by atoms with Crippen LogP contribution in [0.25, 0.3) is 0 Å². The number of hydrogen-bond acceptors (Lipinski definition) is 3. The van der Waals surface area contributed by atoms with Crippen molar-refractivity contribution >= 4 is 34.9 Å². The van der Waals surface area contributed by atoms with Crippen LogP contribution in [0.2, 0.25) is 5.02 Å². The first-order chi connectivity index (χ1) is 16.2. The highest BCUT2D eigenvalue weighted by atomic mass is 35.5. The highest BCUT2D eigenvalue weighted by Crippen LogP contribution is 2.53. The van der Waals surface area contributed by atoms with E-state index in [4.69, 9.17) is 11.6 Å². The van der Waals surface area contributed by atoms with Crippen molar-refractivity contribution in [3.8, 4) is 0 Å². The number of anilines is 1. The second kappa shape index (κ2) is 8.22. The molecule has 1 N–H and O–H groups in total. The summed E-state index contributed by atoms with van der Waals surface area (Å²) in [6.07, 6.45) is -5.42. The fourth-order valence-corrected chi connectivity index (χ4v) is 4.95. The van der Waals surface area contributed by atoms with Crippen molar-refractivity contribution in [2.24, 2.45) is 5.41 Å². The van der Waals surface area contributed by atoms with Gasteiger partial charge in [-0.3, -0.25) is 19.3 Å². The van der Waals surface area contributed by atoms with Crippen LogP contribution in [-0.4, -0.2) is 29.3 Å². The molecule has 2 amide bonds. The Balaban J connectivity index is 1.96. The first kappa shape index (κ1) is 25.0. The van der Waals surface area contributed by atoms with E-state index in [1.165, 1.54) is 24.3 Å². The summed E-state index contributed by atoms with van der Waals surface area (Å²) < 4.78 is 44.7. The van der Waals surface area contributed by atoms with Crippen molar-refractivity contribution in [3.05, 3.63) is 75.4 Å². The summed E-state index contributed by atoms with van der Waals surface area (Å²) in [5.74, 6) is -3.41. The Morgan fingerprint density at radius 3 is 2.31 bits per heavy atom. The first-order valence-electron chi connectivity index (χ1n) is 11.0. The second-order valence-corrected chi connectivity index (χ2v) is 10.3. The molecular formula is C26H24ClF3N2O3. The van der Waals surface area contributed by atoms with E-state index in [0.717, 1.165) is 16.0 Å². The van der Waals surface area contributed by atoms with Gasteiger partial charge in [-0.2, -0.15) is 13.2 Å². The van der Waals surface area contributed by atoms with E-state index in [1.54, 1.807) is 39.0 Å². The number of Topliss-reactive ketones (excluding diaryl/α,β-unsaturated/α-hetero) is 1. The molecule has 0 unspecified atom stereocenters. The quantitative estimate of drug-likeness (QED) is 0.585. The van der Waals surface area contributed by atoms with Gasteiger partial charge in [0, 0.05) is 28.4 Å². The lowest BCUT2D eigenvalue weighted by atomic mass is 9.72. The third-order valence-corrected chi connectivity index (χ3v) is 6.82. The van der Waals surface area contributed by atoms with E-state index in [9.17, 15) is 27.6 Å². The minimum atomic E-state index is -5.29. The fraction of sp³-hybridized carbons (Fsp3) is 0.346. The number of halogens is 4. The Bertz CT molecular complexity index is 1300. The number of rotatable bonds is 3. The molecule has 1 aliphatic carbocycles. The van der Waals surface area contributed by atoms with E-state index >= 15 is 0 Å². The van der Waals surface area contributed by atoms with Crippen LogP contribution in [-0.2, 0) is 9.59 Å². The average molecular weight is 505 g/mol. The Labute approximate surface area is 205 Å². The largest absolute Gasteiger partial charge is 0.425 e. The lowest BCUT2D eigenvalue weighted by Crippen LogP contribution is -2.66. The van der Waals surface area contributed by atoms with Crippen molar-refractivity contribution in [1.82, 2.24) is 5.32 Å². The number of nitrogens with zero attached hydrogens (tertiary/aromatic N) is 1. The lowest BCUT2D eigenvalue weighted by Gasteiger charge is -2.35. The molecule has 2 aromatic carbocycles. The number of carbonyl (C=O) groups is 3. The molecule has 0 bridgehead atoms. The second-order valence-electron chi connectivity index (χ2n) is 9.88. The van der Waals surface area contributed by atoms with Gasteiger partial charge in [0.2, 0.25) is 5.54 Å². The molecule has 1 atom stereocenters. The van der Waals surface area contributed by atoms with E-state index in [-0.39, 0.29) is 34.8 Å². The molecule has 0 aromatic heterocycles. The summed E-state index contributed by atoms with van der Waals surface area (Å²) in [7, 11) is 0. The number of aryl methyl sites for hydroxylation is 2. The van der Waals surface area contributed by atoms with E-state index in [1.807, 2.05) is 12.2 Å². The topological polar surface area (TPSA) is 66.5 Å². The van der Waals surface area contributed by atoms with Crippen LogP contribution in [0.1, 0.15) is 48.2 Å². The molecule has 0 saturated carbocycles. The summed E-state index contributed by atoms with van der Waals surface area (Å²) in [4.78, 5) is 41.0. The van der Waals surface area contributed by atoms with Gasteiger partial charge < -0.3 is 5.32 Å². The van der Waals surface area contributed by atoms with Crippen molar-refractivity contribution in [2.45, 2.75) is 52.3 Å². The number of allylic oxidation sites excluding steroid dienone is 1. The number of ketones is 1. The van der Waals surface area contributed by atoms with Gasteiger partial charge in [-0.1, -0.05) is 37.6 Å². The molecule has 0 saturated heterocycles. The van der Waals surface area contributed by atoms with Crippen molar-refractivity contribution < 1.29 is 27.6 Å².